The summed E-state index contributed by atoms with van der Waals surface area (Å²) in [4.78, 5) is 11.6. The second-order valence-electron chi connectivity index (χ2n) is 4.08. The van der Waals surface area contributed by atoms with Crippen molar-refractivity contribution < 1.29 is 14.3 Å². The minimum atomic E-state index is -0.164. The molecule has 0 aliphatic carbocycles. The van der Waals surface area contributed by atoms with Gasteiger partial charge < -0.3 is 20.5 Å². The van der Waals surface area contributed by atoms with Crippen LogP contribution in [0.25, 0.3) is 0 Å². The van der Waals surface area contributed by atoms with E-state index in [-0.39, 0.29) is 12.5 Å². The van der Waals surface area contributed by atoms with Gasteiger partial charge in [-0.05, 0) is 56.0 Å². The summed E-state index contributed by atoms with van der Waals surface area (Å²) in [5.41, 5.74) is 6.55. The van der Waals surface area contributed by atoms with Crippen molar-refractivity contribution >= 4 is 37.8 Å². The lowest BCUT2D eigenvalue weighted by Crippen LogP contribution is -2.30. The van der Waals surface area contributed by atoms with Crippen molar-refractivity contribution in [2.75, 3.05) is 26.9 Å². The zero-order valence-corrected chi connectivity index (χ0v) is 14.4. The molecule has 3 N–H and O–H groups in total. The number of nitrogens with one attached hydrogen (secondary N) is 1. The molecule has 1 rings (SSSR count). The van der Waals surface area contributed by atoms with E-state index in [1.54, 1.807) is 7.11 Å². The maximum atomic E-state index is 11.6. The fourth-order valence-electron chi connectivity index (χ4n) is 1.50. The zero-order chi connectivity index (χ0) is 15.0. The number of hydrogen-bond donors (Lipinski definition) is 2. The van der Waals surface area contributed by atoms with Crippen LogP contribution in [0.15, 0.2) is 21.1 Å². The van der Waals surface area contributed by atoms with Crippen LogP contribution in [0.4, 0.5) is 0 Å². The summed E-state index contributed by atoms with van der Waals surface area (Å²) in [6, 6.07) is 3.74. The molecule has 0 heterocycles. The monoisotopic (exact) mass is 408 g/mol. The first kappa shape index (κ1) is 17.4. The molecule has 20 heavy (non-hydrogen) atoms. The van der Waals surface area contributed by atoms with Crippen LogP contribution in [-0.2, 0) is 16.1 Å². The van der Waals surface area contributed by atoms with E-state index in [0.717, 1.165) is 20.9 Å². The number of ether oxygens (including phenoxy) is 2. The van der Waals surface area contributed by atoms with E-state index in [4.69, 9.17) is 15.2 Å². The van der Waals surface area contributed by atoms with Crippen LogP contribution in [0.3, 0.4) is 0 Å². The lowest BCUT2D eigenvalue weighted by Gasteiger charge is -2.12. The smallest absolute Gasteiger partial charge is 0.257 e. The number of nitrogens with two attached hydrogens (primary N) is 1. The number of hydrogen-bond acceptors (Lipinski definition) is 4. The topological polar surface area (TPSA) is 73.6 Å². The molecule has 0 atom stereocenters. The predicted molar refractivity (Wildman–Crippen MR) is 84.7 cm³/mol. The van der Waals surface area contributed by atoms with Gasteiger partial charge in [0.1, 0.15) is 5.75 Å². The van der Waals surface area contributed by atoms with E-state index in [2.05, 4.69) is 37.2 Å². The van der Waals surface area contributed by atoms with Crippen LogP contribution >= 0.6 is 31.9 Å². The highest BCUT2D eigenvalue weighted by Gasteiger charge is 2.10. The van der Waals surface area contributed by atoms with Gasteiger partial charge in [-0.3, -0.25) is 4.79 Å². The molecular weight excluding hydrogens is 392 g/mol. The zero-order valence-electron chi connectivity index (χ0n) is 11.2. The Morgan fingerprint density at radius 3 is 2.55 bits per heavy atom. The fraction of sp³-hybridized carbons (Fsp3) is 0.462. The quantitative estimate of drug-likeness (QED) is 0.645. The van der Waals surface area contributed by atoms with Crippen LogP contribution in [0.1, 0.15) is 12.0 Å². The molecule has 0 spiro atoms. The lowest BCUT2D eigenvalue weighted by molar-refractivity contribution is -0.123. The van der Waals surface area contributed by atoms with Gasteiger partial charge in [0, 0.05) is 26.8 Å². The van der Waals surface area contributed by atoms with Gasteiger partial charge in [0.05, 0.1) is 8.95 Å². The van der Waals surface area contributed by atoms with Gasteiger partial charge in [-0.25, -0.2) is 0 Å². The largest absolute Gasteiger partial charge is 0.481 e. The number of benzene rings is 1. The Kier molecular flexibility index (Phi) is 8.13. The maximum absolute atomic E-state index is 11.6. The SMILES string of the molecule is COCCCNC(=O)COc1c(Br)cc(CN)cc1Br. The molecule has 1 aromatic rings. The molecule has 0 bridgehead atoms. The van der Waals surface area contributed by atoms with Crippen molar-refractivity contribution in [2.24, 2.45) is 5.73 Å². The molecule has 0 fully saturated rings. The van der Waals surface area contributed by atoms with Gasteiger partial charge >= 0.3 is 0 Å². The van der Waals surface area contributed by atoms with E-state index in [0.29, 0.717) is 25.4 Å². The molecule has 0 aliphatic rings. The third-order valence-corrected chi connectivity index (χ3v) is 3.67. The molecule has 1 aromatic carbocycles. The van der Waals surface area contributed by atoms with Gasteiger partial charge in [-0.15, -0.1) is 0 Å². The minimum absolute atomic E-state index is 0.0356. The summed E-state index contributed by atoms with van der Waals surface area (Å²) in [7, 11) is 1.63. The van der Waals surface area contributed by atoms with Gasteiger partial charge in [0.2, 0.25) is 0 Å². The third-order valence-electron chi connectivity index (χ3n) is 2.49. The van der Waals surface area contributed by atoms with Crippen molar-refractivity contribution in [1.82, 2.24) is 5.32 Å². The first-order valence-corrected chi connectivity index (χ1v) is 7.73. The van der Waals surface area contributed by atoms with Crippen molar-refractivity contribution in [1.29, 1.82) is 0 Å². The highest BCUT2D eigenvalue weighted by Crippen LogP contribution is 2.34. The Labute approximate surface area is 135 Å². The van der Waals surface area contributed by atoms with Gasteiger partial charge in [-0.1, -0.05) is 0 Å². The number of carbonyl (C=O) groups excluding carboxylic acids is 1. The molecule has 5 nitrogen and oxygen atoms in total. The van der Waals surface area contributed by atoms with E-state index >= 15 is 0 Å². The Balaban J connectivity index is 2.47. The second-order valence-corrected chi connectivity index (χ2v) is 5.79. The van der Waals surface area contributed by atoms with Crippen molar-refractivity contribution in [3.05, 3.63) is 26.6 Å². The average molecular weight is 410 g/mol. The Bertz CT molecular complexity index is 432. The summed E-state index contributed by atoms with van der Waals surface area (Å²) in [5, 5.41) is 2.75. The number of methoxy groups -OCH3 is 1. The molecule has 7 heteroatoms. The molecule has 0 saturated carbocycles. The summed E-state index contributed by atoms with van der Waals surface area (Å²) in [5.74, 6) is 0.428. The van der Waals surface area contributed by atoms with Crippen LogP contribution in [0.2, 0.25) is 0 Å². The van der Waals surface area contributed by atoms with Gasteiger partial charge in [0.25, 0.3) is 5.91 Å². The standard InChI is InChI=1S/C13H18Br2N2O3/c1-19-4-2-3-17-12(18)8-20-13-10(14)5-9(7-16)6-11(13)15/h5-6H,2-4,7-8,16H2,1H3,(H,17,18). The number of amides is 1. The lowest BCUT2D eigenvalue weighted by atomic mass is 10.2. The van der Waals surface area contributed by atoms with Crippen LogP contribution in [0.5, 0.6) is 5.75 Å². The van der Waals surface area contributed by atoms with Crippen molar-refractivity contribution in [3.8, 4) is 5.75 Å². The molecule has 0 aromatic heterocycles. The minimum Gasteiger partial charge on any atom is -0.481 e. The molecule has 0 aliphatic heterocycles. The number of halogens is 2. The first-order valence-electron chi connectivity index (χ1n) is 6.15. The summed E-state index contributed by atoms with van der Waals surface area (Å²) in [6.45, 7) is 1.60. The number of rotatable bonds is 8. The molecule has 0 saturated heterocycles. The van der Waals surface area contributed by atoms with Crippen LogP contribution in [-0.4, -0.2) is 32.8 Å². The van der Waals surface area contributed by atoms with Crippen molar-refractivity contribution in [2.45, 2.75) is 13.0 Å². The second kappa shape index (κ2) is 9.33. The first-order chi connectivity index (χ1) is 9.58. The summed E-state index contributed by atoms with van der Waals surface area (Å²) < 4.78 is 11.9. The molecule has 0 radical (unpaired) electrons. The fourth-order valence-corrected chi connectivity index (χ4v) is 3.01. The average Bonchev–Trinajstić information content (AvgIpc) is 2.42. The molecular formula is C13H18Br2N2O3. The van der Waals surface area contributed by atoms with Crippen molar-refractivity contribution in [3.63, 3.8) is 0 Å². The van der Waals surface area contributed by atoms with E-state index in [9.17, 15) is 4.79 Å². The van der Waals surface area contributed by atoms with E-state index in [1.807, 2.05) is 12.1 Å². The summed E-state index contributed by atoms with van der Waals surface area (Å²) in [6.07, 6.45) is 0.779. The van der Waals surface area contributed by atoms with Crippen LogP contribution < -0.4 is 15.8 Å². The van der Waals surface area contributed by atoms with Gasteiger partial charge in [-0.2, -0.15) is 0 Å². The van der Waals surface area contributed by atoms with E-state index in [1.165, 1.54) is 0 Å². The van der Waals surface area contributed by atoms with Gasteiger partial charge in [0.15, 0.2) is 6.61 Å². The molecule has 0 unspecified atom stereocenters. The normalized spacial score (nSPS) is 10.4. The summed E-state index contributed by atoms with van der Waals surface area (Å²) >= 11 is 6.81. The third kappa shape index (κ3) is 5.78. The number of carbonyl (C=O) groups is 1. The highest BCUT2D eigenvalue weighted by atomic mass is 79.9. The highest BCUT2D eigenvalue weighted by molar-refractivity contribution is 9.11. The molecule has 112 valence electrons. The Hall–Kier alpha value is -0.630. The van der Waals surface area contributed by atoms with E-state index < -0.39 is 0 Å². The Morgan fingerprint density at radius 2 is 2.00 bits per heavy atom. The Morgan fingerprint density at radius 1 is 1.35 bits per heavy atom. The maximum Gasteiger partial charge on any atom is 0.257 e. The molecule has 1 amide bonds. The predicted octanol–water partition coefficient (Wildman–Crippen LogP) is 2.20. The van der Waals surface area contributed by atoms with Crippen LogP contribution in [0, 0.1) is 0 Å².